The van der Waals surface area contributed by atoms with Crippen molar-refractivity contribution in [2.45, 2.75) is 22.6 Å². The lowest BCUT2D eigenvalue weighted by molar-refractivity contribution is -0.159. The number of aryl methyl sites for hydroxylation is 1. The molecule has 0 spiro atoms. The molecule has 2 aromatic heterocycles. The van der Waals surface area contributed by atoms with Crippen LogP contribution in [0.1, 0.15) is 5.69 Å². The van der Waals surface area contributed by atoms with Crippen molar-refractivity contribution in [3.8, 4) is 0 Å². The summed E-state index contributed by atoms with van der Waals surface area (Å²) in [5.41, 5.74) is 4.14. The third-order valence-electron chi connectivity index (χ3n) is 5.07. The minimum Gasteiger partial charge on any atom is -0.479 e. The molecule has 15 nitrogen and oxygen atoms in total. The van der Waals surface area contributed by atoms with Crippen molar-refractivity contribution < 1.29 is 24.3 Å². The van der Waals surface area contributed by atoms with Gasteiger partial charge in [0, 0.05) is 18.2 Å². The molecule has 2 aliphatic heterocycles. The molecular formula is C18H18N8O7S3. The number of carboxylic acid groups (broad SMARTS) is 1. The monoisotopic (exact) mass is 554 g/mol. The molecule has 0 aromatic carbocycles. The Morgan fingerprint density at radius 1 is 1.36 bits per heavy atom. The van der Waals surface area contributed by atoms with Crippen LogP contribution in [0.15, 0.2) is 36.3 Å². The zero-order chi connectivity index (χ0) is 26.1. The predicted octanol–water partition coefficient (Wildman–Crippen LogP) is -1.61. The van der Waals surface area contributed by atoms with Gasteiger partial charge in [-0.25, -0.2) is 9.78 Å². The number of carbonyl (C=O) groups excluding carboxylic acids is 2. The second-order valence-corrected chi connectivity index (χ2v) is 10.2. The van der Waals surface area contributed by atoms with Gasteiger partial charge in [-0.05, 0) is 11.0 Å². The first kappa shape index (κ1) is 25.5. The van der Waals surface area contributed by atoms with Crippen LogP contribution in [-0.4, -0.2) is 83.6 Å². The van der Waals surface area contributed by atoms with Crippen LogP contribution in [0.3, 0.4) is 0 Å². The first-order chi connectivity index (χ1) is 17.1. The predicted molar refractivity (Wildman–Crippen MR) is 131 cm³/mol. The lowest BCUT2D eigenvalue weighted by Gasteiger charge is -2.51. The highest BCUT2D eigenvalue weighted by atomic mass is 32.2. The normalized spacial score (nSPS) is 21.3. The van der Waals surface area contributed by atoms with Gasteiger partial charge in [-0.2, -0.15) is 4.98 Å². The molecule has 2 amide bonds. The number of oxime groups is 1. The number of nitrogens with one attached hydrogen (secondary N) is 2. The number of H-pyrrole nitrogens is 1. The van der Waals surface area contributed by atoms with E-state index in [-0.39, 0.29) is 27.4 Å². The van der Waals surface area contributed by atoms with Gasteiger partial charge in [0.25, 0.3) is 5.91 Å². The second kappa shape index (κ2) is 10.2. The number of carboxylic acids is 1. The number of rotatable bonds is 8. The maximum absolute atomic E-state index is 12.9. The van der Waals surface area contributed by atoms with Crippen molar-refractivity contribution in [1.82, 2.24) is 30.0 Å². The highest BCUT2D eigenvalue weighted by Crippen LogP contribution is 2.41. The fraction of sp³-hybridized carbons (Fsp3) is 0.333. The van der Waals surface area contributed by atoms with Gasteiger partial charge < -0.3 is 25.9 Å². The summed E-state index contributed by atoms with van der Waals surface area (Å²) < 4.78 is 1.25. The number of aliphatic carboxylic acids is 1. The van der Waals surface area contributed by atoms with Gasteiger partial charge in [-0.3, -0.25) is 29.0 Å². The Morgan fingerprint density at radius 2 is 2.11 bits per heavy atom. The Morgan fingerprint density at radius 3 is 2.75 bits per heavy atom. The van der Waals surface area contributed by atoms with E-state index in [4.69, 9.17) is 10.6 Å². The summed E-state index contributed by atoms with van der Waals surface area (Å²) in [6.07, 6.45) is 0. The van der Waals surface area contributed by atoms with E-state index in [1.807, 2.05) is 0 Å². The van der Waals surface area contributed by atoms with Crippen LogP contribution in [0.2, 0.25) is 0 Å². The number of anilines is 1. The quantitative estimate of drug-likeness (QED) is 0.0953. The number of aromatic amines is 1. The molecule has 0 radical (unpaired) electrons. The summed E-state index contributed by atoms with van der Waals surface area (Å²) in [6, 6.07) is -2.29. The van der Waals surface area contributed by atoms with Gasteiger partial charge in [0.15, 0.2) is 22.0 Å². The summed E-state index contributed by atoms with van der Waals surface area (Å²) >= 11 is 3.29. The van der Waals surface area contributed by atoms with Gasteiger partial charge in [-0.1, -0.05) is 16.9 Å². The number of carbonyl (C=O) groups is 3. The first-order valence-electron chi connectivity index (χ1n) is 9.95. The molecule has 4 rings (SSSR count). The van der Waals surface area contributed by atoms with Gasteiger partial charge >= 0.3 is 17.1 Å². The summed E-state index contributed by atoms with van der Waals surface area (Å²) in [7, 11) is 2.73. The van der Waals surface area contributed by atoms with Crippen LogP contribution in [0.5, 0.6) is 0 Å². The topological polar surface area (TPSA) is 215 Å². The van der Waals surface area contributed by atoms with Crippen LogP contribution >= 0.6 is 34.9 Å². The van der Waals surface area contributed by atoms with Crippen LogP contribution in [-0.2, 0) is 26.3 Å². The number of hydrogen-bond donors (Lipinski definition) is 4. The fourth-order valence-corrected chi connectivity index (χ4v) is 6.27. The largest absolute Gasteiger partial charge is 0.479 e. The average molecular weight is 555 g/mol. The number of fused-ring (bicyclic) bond motifs is 1. The number of nitrogen functional groups attached to an aromatic ring is 1. The van der Waals surface area contributed by atoms with E-state index >= 15 is 0 Å². The summed E-state index contributed by atoms with van der Waals surface area (Å²) in [6.45, 7) is 0. The Hall–Kier alpha value is -3.64. The van der Waals surface area contributed by atoms with E-state index in [1.165, 1.54) is 40.9 Å². The Bertz CT molecular complexity index is 1410. The highest BCUT2D eigenvalue weighted by Gasteiger charge is 2.56. The minimum absolute atomic E-state index is 0.0830. The Kier molecular flexibility index (Phi) is 7.18. The van der Waals surface area contributed by atoms with Crippen molar-refractivity contribution >= 4 is 63.5 Å². The molecule has 0 saturated carbocycles. The maximum atomic E-state index is 12.9. The third kappa shape index (κ3) is 4.73. The molecule has 1 fully saturated rings. The molecule has 1 unspecified atom stereocenters. The first-order valence-corrected chi connectivity index (χ1v) is 12.8. The number of β-lactam (4-membered cyclic amide) rings is 1. The molecule has 0 aliphatic carbocycles. The molecule has 5 N–H and O–H groups in total. The highest BCUT2D eigenvalue weighted by molar-refractivity contribution is 8.03. The van der Waals surface area contributed by atoms with E-state index in [0.29, 0.717) is 5.57 Å². The summed E-state index contributed by atoms with van der Waals surface area (Å²) in [4.78, 5) is 74.3. The average Bonchev–Trinajstić information content (AvgIpc) is 3.27. The number of nitrogens with two attached hydrogens (primary N) is 1. The van der Waals surface area contributed by atoms with Crippen molar-refractivity contribution in [1.29, 1.82) is 0 Å². The molecule has 1 saturated heterocycles. The van der Waals surface area contributed by atoms with Crippen molar-refractivity contribution in [3.63, 3.8) is 0 Å². The Balaban J connectivity index is 1.50. The van der Waals surface area contributed by atoms with Gasteiger partial charge in [0.1, 0.15) is 24.2 Å². The number of thioether (sulfide) groups is 2. The fourth-order valence-electron chi connectivity index (χ4n) is 3.47. The van der Waals surface area contributed by atoms with E-state index < -0.39 is 46.4 Å². The van der Waals surface area contributed by atoms with Crippen molar-refractivity contribution in [2.24, 2.45) is 12.2 Å². The summed E-state index contributed by atoms with van der Waals surface area (Å²) in [5.74, 6) is -2.50. The number of hydrogen-bond acceptors (Lipinski definition) is 13. The standard InChI is InChI=1S/C18H18N8O7S3/c1-25-18(22-12(28)13(29)23-25)36-4-6-3-34-15-9(14(30)26(15)10(6)16(31)32)21-11(27)8(24-33-2)7-5-35-17(19)20-7/h3,5,9-10,15H,4H2,1-2H3,(H2,19,20)(H,21,27)(H,23,29)(H,31,32)/b24-8+/t9-,10?,15-/m1/s1. The van der Waals surface area contributed by atoms with E-state index in [9.17, 15) is 29.1 Å². The Labute approximate surface area is 213 Å². The zero-order valence-corrected chi connectivity index (χ0v) is 21.0. The number of thiazole rings is 1. The van der Waals surface area contributed by atoms with Crippen LogP contribution in [0.4, 0.5) is 5.13 Å². The van der Waals surface area contributed by atoms with Crippen LogP contribution in [0, 0.1) is 0 Å². The lowest BCUT2D eigenvalue weighted by atomic mass is 9.98. The van der Waals surface area contributed by atoms with Gasteiger partial charge in [0.05, 0.1) is 0 Å². The van der Waals surface area contributed by atoms with Crippen molar-refractivity contribution in [2.75, 3.05) is 18.6 Å². The molecule has 18 heteroatoms. The zero-order valence-electron chi connectivity index (χ0n) is 18.5. The third-order valence-corrected chi connectivity index (χ3v) is 8.06. The van der Waals surface area contributed by atoms with Gasteiger partial charge in [-0.15, -0.1) is 23.1 Å². The SMILES string of the molecule is CO/N=C(/C(=O)N[C@@H]1C(=O)N2C(C(=O)O)C(CSc3nc(=O)c(=O)[nH]n3C)=CS[C@H]12)c1csc(N)n1. The molecule has 190 valence electrons. The molecular weight excluding hydrogens is 536 g/mol. The number of amides is 2. The minimum atomic E-state index is -1.28. The maximum Gasteiger partial charge on any atom is 0.339 e. The molecule has 0 bridgehead atoms. The van der Waals surface area contributed by atoms with E-state index in [2.05, 4.69) is 25.5 Å². The molecule has 2 aliphatic rings. The second-order valence-electron chi connectivity index (χ2n) is 7.34. The van der Waals surface area contributed by atoms with E-state index in [0.717, 1.165) is 23.1 Å². The smallest absolute Gasteiger partial charge is 0.339 e. The summed E-state index contributed by atoms with van der Waals surface area (Å²) in [5, 5.41) is 21.2. The van der Waals surface area contributed by atoms with Crippen molar-refractivity contribution in [3.05, 3.63) is 42.8 Å². The molecule has 3 atom stereocenters. The van der Waals surface area contributed by atoms with E-state index in [1.54, 1.807) is 5.41 Å². The lowest BCUT2D eigenvalue weighted by Crippen LogP contribution is -2.74. The van der Waals surface area contributed by atoms with Gasteiger partial charge in [0.2, 0.25) is 5.91 Å². The molecule has 2 aromatic rings. The molecule has 36 heavy (non-hydrogen) atoms. The van der Waals surface area contributed by atoms with Crippen LogP contribution in [0.25, 0.3) is 0 Å². The number of nitrogens with zero attached hydrogens (tertiary/aromatic N) is 5. The number of aromatic nitrogens is 4. The van der Waals surface area contributed by atoms with Crippen LogP contribution < -0.4 is 22.2 Å². The molecule has 4 heterocycles.